The van der Waals surface area contributed by atoms with Gasteiger partial charge >= 0.3 is 0 Å². The highest BCUT2D eigenvalue weighted by atomic mass is 79.9. The fourth-order valence-corrected chi connectivity index (χ4v) is 2.73. The zero-order valence-corrected chi connectivity index (χ0v) is 11.5. The molecule has 0 amide bonds. The van der Waals surface area contributed by atoms with Gasteiger partial charge in [-0.05, 0) is 59.8 Å². The SMILES string of the molecule is COC1CCC(Nc2ccc(F)cc2Br)CC1. The van der Waals surface area contributed by atoms with Crippen molar-refractivity contribution in [2.75, 3.05) is 12.4 Å². The molecule has 0 spiro atoms. The van der Waals surface area contributed by atoms with Crippen LogP contribution in [0.1, 0.15) is 25.7 Å². The lowest BCUT2D eigenvalue weighted by atomic mass is 9.93. The fourth-order valence-electron chi connectivity index (χ4n) is 2.27. The van der Waals surface area contributed by atoms with E-state index >= 15 is 0 Å². The van der Waals surface area contributed by atoms with E-state index in [-0.39, 0.29) is 5.82 Å². The number of rotatable bonds is 3. The van der Waals surface area contributed by atoms with E-state index in [4.69, 9.17) is 4.74 Å². The molecule has 0 aromatic heterocycles. The first kappa shape index (κ1) is 12.8. The number of halogens is 2. The molecule has 4 heteroatoms. The van der Waals surface area contributed by atoms with Crippen molar-refractivity contribution in [3.05, 3.63) is 28.5 Å². The summed E-state index contributed by atoms with van der Waals surface area (Å²) in [6.07, 6.45) is 4.79. The largest absolute Gasteiger partial charge is 0.381 e. The molecule has 0 bridgehead atoms. The molecule has 94 valence electrons. The minimum Gasteiger partial charge on any atom is -0.381 e. The summed E-state index contributed by atoms with van der Waals surface area (Å²) in [6, 6.07) is 5.21. The highest BCUT2D eigenvalue weighted by molar-refractivity contribution is 9.10. The molecule has 1 aromatic carbocycles. The first-order chi connectivity index (χ1) is 8.19. The van der Waals surface area contributed by atoms with Gasteiger partial charge in [0.1, 0.15) is 5.82 Å². The summed E-state index contributed by atoms with van der Waals surface area (Å²) in [5.74, 6) is -0.217. The summed E-state index contributed by atoms with van der Waals surface area (Å²) in [5, 5.41) is 3.45. The van der Waals surface area contributed by atoms with Crippen LogP contribution in [0.3, 0.4) is 0 Å². The van der Waals surface area contributed by atoms with Gasteiger partial charge < -0.3 is 10.1 Å². The van der Waals surface area contributed by atoms with Crippen LogP contribution in [-0.2, 0) is 4.74 Å². The van der Waals surface area contributed by atoms with Gasteiger partial charge in [-0.25, -0.2) is 4.39 Å². The number of hydrogen-bond donors (Lipinski definition) is 1. The van der Waals surface area contributed by atoms with Crippen LogP contribution in [0.4, 0.5) is 10.1 Å². The van der Waals surface area contributed by atoms with E-state index in [0.717, 1.165) is 35.8 Å². The Bertz CT molecular complexity index is 378. The molecule has 0 heterocycles. The van der Waals surface area contributed by atoms with Crippen molar-refractivity contribution in [1.82, 2.24) is 0 Å². The number of benzene rings is 1. The molecule has 0 saturated heterocycles. The zero-order chi connectivity index (χ0) is 12.3. The smallest absolute Gasteiger partial charge is 0.124 e. The van der Waals surface area contributed by atoms with Crippen LogP contribution in [0.2, 0.25) is 0 Å². The van der Waals surface area contributed by atoms with Gasteiger partial charge in [0, 0.05) is 23.3 Å². The zero-order valence-electron chi connectivity index (χ0n) is 9.88. The van der Waals surface area contributed by atoms with Gasteiger partial charge in [0.15, 0.2) is 0 Å². The molecular weight excluding hydrogens is 285 g/mol. The van der Waals surface area contributed by atoms with Crippen molar-refractivity contribution in [1.29, 1.82) is 0 Å². The maximum atomic E-state index is 12.9. The third-order valence-electron chi connectivity index (χ3n) is 3.30. The number of methoxy groups -OCH3 is 1. The van der Waals surface area contributed by atoms with Gasteiger partial charge in [0.25, 0.3) is 0 Å². The quantitative estimate of drug-likeness (QED) is 0.912. The molecule has 2 rings (SSSR count). The van der Waals surface area contributed by atoms with E-state index < -0.39 is 0 Å². The van der Waals surface area contributed by atoms with E-state index in [9.17, 15) is 4.39 Å². The third-order valence-corrected chi connectivity index (χ3v) is 3.95. The van der Waals surface area contributed by atoms with Crippen LogP contribution < -0.4 is 5.32 Å². The lowest BCUT2D eigenvalue weighted by Gasteiger charge is -2.29. The molecule has 1 aliphatic carbocycles. The molecule has 0 radical (unpaired) electrons. The molecular formula is C13H17BrFNO. The first-order valence-electron chi connectivity index (χ1n) is 5.93. The molecule has 1 fully saturated rings. The number of nitrogens with one attached hydrogen (secondary N) is 1. The van der Waals surface area contributed by atoms with Crippen LogP contribution in [0.5, 0.6) is 0 Å². The number of anilines is 1. The Hall–Kier alpha value is -0.610. The average molecular weight is 302 g/mol. The molecule has 2 nitrogen and oxygen atoms in total. The maximum Gasteiger partial charge on any atom is 0.124 e. The Kier molecular flexibility index (Phi) is 4.40. The monoisotopic (exact) mass is 301 g/mol. The molecule has 0 aliphatic heterocycles. The number of ether oxygens (including phenoxy) is 1. The summed E-state index contributed by atoms with van der Waals surface area (Å²) in [5.41, 5.74) is 0.965. The van der Waals surface area contributed by atoms with Crippen molar-refractivity contribution in [3.63, 3.8) is 0 Å². The predicted molar refractivity (Wildman–Crippen MR) is 70.8 cm³/mol. The van der Waals surface area contributed by atoms with E-state index in [1.54, 1.807) is 13.2 Å². The Morgan fingerprint density at radius 1 is 1.29 bits per heavy atom. The Morgan fingerprint density at radius 3 is 2.59 bits per heavy atom. The number of hydrogen-bond acceptors (Lipinski definition) is 2. The van der Waals surface area contributed by atoms with Crippen molar-refractivity contribution in [3.8, 4) is 0 Å². The van der Waals surface area contributed by atoms with Crippen molar-refractivity contribution in [2.24, 2.45) is 0 Å². The summed E-state index contributed by atoms with van der Waals surface area (Å²) in [7, 11) is 1.77. The predicted octanol–water partition coefficient (Wildman–Crippen LogP) is 3.96. The molecule has 1 N–H and O–H groups in total. The Morgan fingerprint density at radius 2 is 2.00 bits per heavy atom. The van der Waals surface area contributed by atoms with Crippen molar-refractivity contribution < 1.29 is 9.13 Å². The molecule has 17 heavy (non-hydrogen) atoms. The second-order valence-electron chi connectivity index (χ2n) is 4.48. The molecule has 0 atom stereocenters. The van der Waals surface area contributed by atoms with Gasteiger partial charge in [-0.2, -0.15) is 0 Å². The van der Waals surface area contributed by atoms with Gasteiger partial charge in [-0.3, -0.25) is 0 Å². The highest BCUT2D eigenvalue weighted by Crippen LogP contribution is 2.28. The normalized spacial score (nSPS) is 24.6. The minimum absolute atomic E-state index is 0.217. The van der Waals surface area contributed by atoms with E-state index in [1.807, 2.05) is 0 Å². The molecule has 1 aromatic rings. The standard InChI is InChI=1S/C13H17BrFNO/c1-17-11-5-3-10(4-6-11)16-13-7-2-9(15)8-12(13)14/h2,7-8,10-11,16H,3-6H2,1H3. The van der Waals surface area contributed by atoms with Crippen molar-refractivity contribution >= 4 is 21.6 Å². The van der Waals surface area contributed by atoms with E-state index in [2.05, 4.69) is 21.2 Å². The van der Waals surface area contributed by atoms with Gasteiger partial charge in [-0.15, -0.1) is 0 Å². The lowest BCUT2D eigenvalue weighted by Crippen LogP contribution is -2.29. The third kappa shape index (κ3) is 3.42. The highest BCUT2D eigenvalue weighted by Gasteiger charge is 2.20. The second-order valence-corrected chi connectivity index (χ2v) is 5.33. The Balaban J connectivity index is 1.93. The maximum absolute atomic E-state index is 12.9. The van der Waals surface area contributed by atoms with Crippen LogP contribution in [0.25, 0.3) is 0 Å². The Labute approximate surface area is 110 Å². The lowest BCUT2D eigenvalue weighted by molar-refractivity contribution is 0.0682. The van der Waals surface area contributed by atoms with Crippen molar-refractivity contribution in [2.45, 2.75) is 37.8 Å². The van der Waals surface area contributed by atoms with Crippen LogP contribution in [-0.4, -0.2) is 19.3 Å². The van der Waals surface area contributed by atoms with Gasteiger partial charge in [0.2, 0.25) is 0 Å². The molecule has 0 unspecified atom stereocenters. The summed E-state index contributed by atoms with van der Waals surface area (Å²) < 4.78 is 19.1. The van der Waals surface area contributed by atoms with Crippen LogP contribution >= 0.6 is 15.9 Å². The fraction of sp³-hybridized carbons (Fsp3) is 0.538. The van der Waals surface area contributed by atoms with Crippen LogP contribution in [0.15, 0.2) is 22.7 Å². The summed E-state index contributed by atoms with van der Waals surface area (Å²) in [4.78, 5) is 0. The van der Waals surface area contributed by atoms with E-state index in [1.165, 1.54) is 12.1 Å². The first-order valence-corrected chi connectivity index (χ1v) is 6.72. The second kappa shape index (κ2) is 5.83. The topological polar surface area (TPSA) is 21.3 Å². The molecule has 1 aliphatic rings. The van der Waals surface area contributed by atoms with E-state index in [0.29, 0.717) is 12.1 Å². The van der Waals surface area contributed by atoms with Gasteiger partial charge in [-0.1, -0.05) is 0 Å². The van der Waals surface area contributed by atoms with Gasteiger partial charge in [0.05, 0.1) is 6.10 Å². The summed E-state index contributed by atoms with van der Waals surface area (Å²) >= 11 is 3.37. The average Bonchev–Trinajstić information content (AvgIpc) is 2.34. The minimum atomic E-state index is -0.217. The molecule has 1 saturated carbocycles. The summed E-state index contributed by atoms with van der Waals surface area (Å²) in [6.45, 7) is 0. The van der Waals surface area contributed by atoms with Crippen LogP contribution in [0, 0.1) is 5.82 Å².